The molecule has 0 aromatic rings. The minimum atomic E-state index is 0.203. The molecule has 0 nitrogen and oxygen atoms in total. The number of rotatable bonds is 5. The van der Waals surface area contributed by atoms with Crippen molar-refractivity contribution in [1.29, 1.82) is 0 Å². The summed E-state index contributed by atoms with van der Waals surface area (Å²) in [5.74, 6) is 0. The molecule has 0 aliphatic carbocycles. The molecule has 20 heavy (non-hydrogen) atoms. The maximum Gasteiger partial charge on any atom is -0.0132 e. The van der Waals surface area contributed by atoms with Gasteiger partial charge in [-0.3, -0.25) is 0 Å². The van der Waals surface area contributed by atoms with Gasteiger partial charge in [-0.2, -0.15) is 0 Å². The molecule has 0 saturated heterocycles. The Morgan fingerprint density at radius 1 is 0.900 bits per heavy atom. The third-order valence-corrected chi connectivity index (χ3v) is 3.48. The van der Waals surface area contributed by atoms with Crippen LogP contribution in [0.25, 0.3) is 0 Å². The average molecular weight is 272 g/mol. The predicted molar refractivity (Wildman–Crippen MR) is 93.9 cm³/mol. The number of allylic oxidation sites excluding steroid dienone is 10. The molecule has 0 fully saturated rings. The fourth-order valence-corrected chi connectivity index (χ4v) is 1.94. The molecule has 0 amide bonds. The van der Waals surface area contributed by atoms with Gasteiger partial charge in [-0.15, -0.1) is 0 Å². The normalized spacial score (nSPS) is 16.2. The maximum absolute atomic E-state index is 2.28. The van der Waals surface area contributed by atoms with E-state index in [9.17, 15) is 0 Å². The van der Waals surface area contributed by atoms with Crippen molar-refractivity contribution in [3.05, 3.63) is 58.7 Å². The van der Waals surface area contributed by atoms with Gasteiger partial charge in [0.05, 0.1) is 0 Å². The predicted octanol–water partition coefficient (Wildman–Crippen LogP) is 6.78. The second-order valence-electron chi connectivity index (χ2n) is 6.43. The van der Waals surface area contributed by atoms with Gasteiger partial charge in [0.1, 0.15) is 0 Å². The fraction of sp³-hybridized carbons (Fsp3) is 0.500. The van der Waals surface area contributed by atoms with E-state index in [1.54, 1.807) is 0 Å². The molecule has 0 radical (unpaired) electrons. The van der Waals surface area contributed by atoms with Crippen molar-refractivity contribution in [2.45, 2.75) is 61.8 Å². The van der Waals surface area contributed by atoms with E-state index in [-0.39, 0.29) is 5.41 Å². The van der Waals surface area contributed by atoms with E-state index >= 15 is 0 Å². The lowest BCUT2D eigenvalue weighted by Crippen LogP contribution is -2.09. The summed E-state index contributed by atoms with van der Waals surface area (Å²) in [6.45, 7) is 17.6. The summed E-state index contributed by atoms with van der Waals surface area (Å²) in [7, 11) is 0. The molecular weight excluding hydrogens is 240 g/mol. The SMILES string of the molecule is C/C=C(C)/C=C/C=C(C)/C=C/C(=C(\C)CC)C(C)(C)C. The highest BCUT2D eigenvalue weighted by molar-refractivity contribution is 5.35. The summed E-state index contributed by atoms with van der Waals surface area (Å²) in [5.41, 5.74) is 5.68. The second kappa shape index (κ2) is 8.79. The Kier molecular flexibility index (Phi) is 8.22. The summed E-state index contributed by atoms with van der Waals surface area (Å²) in [6.07, 6.45) is 14.1. The molecule has 0 atom stereocenters. The minimum Gasteiger partial charge on any atom is -0.0847 e. The molecule has 0 unspecified atom stereocenters. The van der Waals surface area contributed by atoms with Crippen LogP contribution in [0.3, 0.4) is 0 Å². The Bertz CT molecular complexity index is 443. The zero-order chi connectivity index (χ0) is 15.8. The lowest BCUT2D eigenvalue weighted by Gasteiger charge is -2.23. The van der Waals surface area contributed by atoms with Crippen molar-refractivity contribution in [2.75, 3.05) is 0 Å². The van der Waals surface area contributed by atoms with Gasteiger partial charge < -0.3 is 0 Å². The van der Waals surface area contributed by atoms with E-state index in [0.717, 1.165) is 6.42 Å². The van der Waals surface area contributed by atoms with Gasteiger partial charge in [0.25, 0.3) is 0 Å². The number of hydrogen-bond donors (Lipinski definition) is 0. The Labute approximate surface area is 126 Å². The van der Waals surface area contributed by atoms with Crippen molar-refractivity contribution in [3.63, 3.8) is 0 Å². The topological polar surface area (TPSA) is 0 Å². The number of hydrogen-bond acceptors (Lipinski definition) is 0. The van der Waals surface area contributed by atoms with Gasteiger partial charge in [-0.05, 0) is 45.1 Å². The van der Waals surface area contributed by atoms with Gasteiger partial charge >= 0.3 is 0 Å². The second-order valence-corrected chi connectivity index (χ2v) is 6.43. The molecule has 0 aromatic heterocycles. The highest BCUT2D eigenvalue weighted by Gasteiger charge is 2.16. The molecule has 0 rings (SSSR count). The lowest BCUT2D eigenvalue weighted by atomic mass is 9.82. The van der Waals surface area contributed by atoms with E-state index in [1.807, 2.05) is 0 Å². The van der Waals surface area contributed by atoms with Crippen LogP contribution in [0.15, 0.2) is 58.7 Å². The molecule has 0 aromatic carbocycles. The highest BCUT2D eigenvalue weighted by Crippen LogP contribution is 2.30. The minimum absolute atomic E-state index is 0.203. The van der Waals surface area contributed by atoms with Crippen molar-refractivity contribution < 1.29 is 0 Å². The molecule has 0 heteroatoms. The quantitative estimate of drug-likeness (QED) is 0.484. The average Bonchev–Trinajstić information content (AvgIpc) is 2.36. The van der Waals surface area contributed by atoms with Crippen LogP contribution in [0.2, 0.25) is 0 Å². The van der Waals surface area contributed by atoms with Crippen LogP contribution in [-0.2, 0) is 0 Å². The third kappa shape index (κ3) is 7.33. The van der Waals surface area contributed by atoms with E-state index in [4.69, 9.17) is 0 Å². The van der Waals surface area contributed by atoms with Gasteiger partial charge in [0.2, 0.25) is 0 Å². The van der Waals surface area contributed by atoms with Gasteiger partial charge in [-0.25, -0.2) is 0 Å². The van der Waals surface area contributed by atoms with Crippen LogP contribution in [-0.4, -0.2) is 0 Å². The van der Waals surface area contributed by atoms with Crippen molar-refractivity contribution in [1.82, 2.24) is 0 Å². The van der Waals surface area contributed by atoms with Gasteiger partial charge in [0, 0.05) is 0 Å². The molecule has 0 aliphatic heterocycles. The molecule has 0 spiro atoms. The van der Waals surface area contributed by atoms with Crippen molar-refractivity contribution >= 4 is 0 Å². The van der Waals surface area contributed by atoms with Gasteiger partial charge in [-0.1, -0.05) is 80.9 Å². The molecule has 0 saturated carbocycles. The Morgan fingerprint density at radius 2 is 1.50 bits per heavy atom. The molecule has 112 valence electrons. The smallest absolute Gasteiger partial charge is 0.0132 e. The largest absolute Gasteiger partial charge is 0.0847 e. The Balaban J connectivity index is 5.08. The highest BCUT2D eigenvalue weighted by atomic mass is 14.2. The summed E-state index contributed by atoms with van der Waals surface area (Å²) in [4.78, 5) is 0. The molecule has 0 aliphatic rings. The maximum atomic E-state index is 2.28. The summed E-state index contributed by atoms with van der Waals surface area (Å²) >= 11 is 0. The van der Waals surface area contributed by atoms with Crippen LogP contribution in [0.1, 0.15) is 61.8 Å². The summed E-state index contributed by atoms with van der Waals surface area (Å²) in [5, 5.41) is 0. The third-order valence-electron chi connectivity index (χ3n) is 3.48. The standard InChI is InChI=1S/C20H32/c1-9-16(3)12-11-13-17(4)14-15-19(18(5)10-2)20(6,7)8/h9,11-15H,10H2,1-8H3/b12-11+,15-14+,16-9+,17-13+,19-18-. The monoisotopic (exact) mass is 272 g/mol. The van der Waals surface area contributed by atoms with E-state index in [2.05, 4.69) is 91.8 Å². The Morgan fingerprint density at radius 3 is 1.95 bits per heavy atom. The molecular formula is C20H32. The van der Waals surface area contributed by atoms with Crippen LogP contribution >= 0.6 is 0 Å². The van der Waals surface area contributed by atoms with Crippen molar-refractivity contribution in [2.24, 2.45) is 5.41 Å². The first kappa shape index (κ1) is 18.7. The molecule has 0 N–H and O–H groups in total. The van der Waals surface area contributed by atoms with Crippen molar-refractivity contribution in [3.8, 4) is 0 Å². The zero-order valence-electron chi connectivity index (χ0n) is 14.7. The lowest BCUT2D eigenvalue weighted by molar-refractivity contribution is 0.510. The molecule has 0 bridgehead atoms. The van der Waals surface area contributed by atoms with Crippen LogP contribution in [0.4, 0.5) is 0 Å². The zero-order valence-corrected chi connectivity index (χ0v) is 14.7. The summed E-state index contributed by atoms with van der Waals surface area (Å²) < 4.78 is 0. The van der Waals surface area contributed by atoms with E-state index in [0.29, 0.717) is 0 Å². The van der Waals surface area contributed by atoms with Crippen LogP contribution in [0.5, 0.6) is 0 Å². The first-order chi connectivity index (χ1) is 9.22. The molecule has 0 heterocycles. The van der Waals surface area contributed by atoms with Crippen LogP contribution in [0, 0.1) is 5.41 Å². The van der Waals surface area contributed by atoms with E-state index in [1.165, 1.54) is 22.3 Å². The first-order valence-corrected chi connectivity index (χ1v) is 7.58. The van der Waals surface area contributed by atoms with Gasteiger partial charge in [0.15, 0.2) is 0 Å². The Hall–Kier alpha value is -1.30. The van der Waals surface area contributed by atoms with E-state index < -0.39 is 0 Å². The first-order valence-electron chi connectivity index (χ1n) is 7.58. The summed E-state index contributed by atoms with van der Waals surface area (Å²) in [6, 6.07) is 0. The van der Waals surface area contributed by atoms with Crippen LogP contribution < -0.4 is 0 Å². The fourth-order valence-electron chi connectivity index (χ4n) is 1.94.